The molecule has 0 saturated heterocycles. The molecule has 16 heavy (non-hydrogen) atoms. The van der Waals surface area contributed by atoms with Gasteiger partial charge in [-0.3, -0.25) is 0 Å². The standard InChI is InChI=1S/C11H11N3O2/c1-2-16-11(15)10-5-3-9(4-6-10)7-8-13-14-12/h3-8H,2H2,1H3/b8-7+. The molecule has 0 heterocycles. The molecule has 1 aromatic carbocycles. The van der Waals surface area contributed by atoms with Gasteiger partial charge in [0.05, 0.1) is 12.2 Å². The second-order valence-electron chi connectivity index (χ2n) is 2.86. The smallest absolute Gasteiger partial charge is 0.338 e. The zero-order chi connectivity index (χ0) is 11.8. The summed E-state index contributed by atoms with van der Waals surface area (Å²) in [5, 5.41) is 3.26. The molecular weight excluding hydrogens is 206 g/mol. The number of rotatable bonds is 4. The Bertz CT molecular complexity index is 431. The molecule has 0 bridgehead atoms. The Kier molecular flexibility index (Phi) is 4.63. The minimum absolute atomic E-state index is 0.340. The van der Waals surface area contributed by atoms with E-state index in [0.717, 1.165) is 5.56 Å². The first kappa shape index (κ1) is 11.8. The van der Waals surface area contributed by atoms with Crippen LogP contribution in [0.15, 0.2) is 35.6 Å². The summed E-state index contributed by atoms with van der Waals surface area (Å²) in [5.74, 6) is -0.340. The van der Waals surface area contributed by atoms with E-state index in [1.165, 1.54) is 6.20 Å². The molecule has 1 aromatic rings. The van der Waals surface area contributed by atoms with Crippen molar-refractivity contribution in [2.24, 2.45) is 5.11 Å². The molecule has 0 spiro atoms. The Hall–Kier alpha value is -2.26. The van der Waals surface area contributed by atoms with Crippen LogP contribution in [0.25, 0.3) is 16.5 Å². The van der Waals surface area contributed by atoms with Gasteiger partial charge in [0.25, 0.3) is 0 Å². The number of nitrogens with zero attached hydrogens (tertiary/aromatic N) is 3. The van der Waals surface area contributed by atoms with Crippen LogP contribution in [0.5, 0.6) is 0 Å². The van der Waals surface area contributed by atoms with Crippen molar-refractivity contribution in [1.82, 2.24) is 0 Å². The van der Waals surface area contributed by atoms with Gasteiger partial charge in [-0.15, -0.1) is 0 Å². The molecule has 0 amide bonds. The topological polar surface area (TPSA) is 75.1 Å². The Morgan fingerprint density at radius 2 is 2.19 bits per heavy atom. The molecule has 5 nitrogen and oxygen atoms in total. The van der Waals surface area contributed by atoms with Crippen LogP contribution in [0.3, 0.4) is 0 Å². The largest absolute Gasteiger partial charge is 0.462 e. The molecule has 0 N–H and O–H groups in total. The highest BCUT2D eigenvalue weighted by atomic mass is 16.5. The Morgan fingerprint density at radius 3 is 2.75 bits per heavy atom. The van der Waals surface area contributed by atoms with E-state index in [2.05, 4.69) is 10.0 Å². The van der Waals surface area contributed by atoms with Crippen LogP contribution in [0.4, 0.5) is 0 Å². The van der Waals surface area contributed by atoms with Crippen LogP contribution >= 0.6 is 0 Å². The first-order valence-corrected chi connectivity index (χ1v) is 4.76. The van der Waals surface area contributed by atoms with Crippen LogP contribution in [0.2, 0.25) is 0 Å². The normalized spacial score (nSPS) is 9.81. The molecular formula is C11H11N3O2. The molecule has 82 valence electrons. The maximum atomic E-state index is 11.3. The van der Waals surface area contributed by atoms with E-state index in [9.17, 15) is 4.79 Å². The first-order valence-electron chi connectivity index (χ1n) is 4.76. The third-order valence-electron chi connectivity index (χ3n) is 1.81. The highest BCUT2D eigenvalue weighted by Crippen LogP contribution is 2.07. The highest BCUT2D eigenvalue weighted by Gasteiger charge is 2.04. The van der Waals surface area contributed by atoms with Crippen LogP contribution in [-0.2, 0) is 4.74 Å². The monoisotopic (exact) mass is 217 g/mol. The van der Waals surface area contributed by atoms with E-state index >= 15 is 0 Å². The van der Waals surface area contributed by atoms with Gasteiger partial charge in [0.1, 0.15) is 0 Å². The van der Waals surface area contributed by atoms with E-state index in [1.54, 1.807) is 37.3 Å². The van der Waals surface area contributed by atoms with E-state index in [-0.39, 0.29) is 5.97 Å². The Balaban J connectivity index is 2.74. The molecule has 0 aromatic heterocycles. The van der Waals surface area contributed by atoms with E-state index < -0.39 is 0 Å². The number of azide groups is 1. The molecule has 0 unspecified atom stereocenters. The molecule has 0 saturated carbocycles. The molecule has 5 heteroatoms. The van der Waals surface area contributed by atoms with Crippen molar-refractivity contribution in [3.63, 3.8) is 0 Å². The zero-order valence-electron chi connectivity index (χ0n) is 8.83. The SMILES string of the molecule is CCOC(=O)c1ccc(/C=C/N=[N+]=[N-])cc1. The predicted molar refractivity (Wildman–Crippen MR) is 60.6 cm³/mol. The van der Waals surface area contributed by atoms with Gasteiger partial charge in [-0.25, -0.2) is 4.79 Å². The third kappa shape index (κ3) is 3.48. The minimum atomic E-state index is -0.340. The highest BCUT2D eigenvalue weighted by molar-refractivity contribution is 5.89. The molecule has 0 aliphatic heterocycles. The van der Waals surface area contributed by atoms with E-state index in [1.807, 2.05) is 0 Å². The maximum absolute atomic E-state index is 11.3. The lowest BCUT2D eigenvalue weighted by Crippen LogP contribution is -2.03. The summed E-state index contributed by atoms with van der Waals surface area (Å²) in [6.45, 7) is 2.12. The molecule has 0 fully saturated rings. The van der Waals surface area contributed by atoms with Gasteiger partial charge >= 0.3 is 5.97 Å². The zero-order valence-corrected chi connectivity index (χ0v) is 8.83. The number of carbonyl (C=O) groups is 1. The maximum Gasteiger partial charge on any atom is 0.338 e. The van der Waals surface area contributed by atoms with E-state index in [0.29, 0.717) is 12.2 Å². The van der Waals surface area contributed by atoms with Gasteiger partial charge in [0, 0.05) is 11.1 Å². The van der Waals surface area contributed by atoms with Crippen LogP contribution < -0.4 is 0 Å². The number of carbonyl (C=O) groups excluding carboxylic acids is 1. The molecule has 0 aliphatic carbocycles. The van der Waals surface area contributed by atoms with Crippen molar-refractivity contribution in [3.8, 4) is 0 Å². The van der Waals surface area contributed by atoms with Gasteiger partial charge in [-0.1, -0.05) is 23.3 Å². The number of hydrogen-bond donors (Lipinski definition) is 0. The van der Waals surface area contributed by atoms with Crippen molar-refractivity contribution < 1.29 is 9.53 Å². The van der Waals surface area contributed by atoms with Crippen LogP contribution in [0.1, 0.15) is 22.8 Å². The number of benzene rings is 1. The van der Waals surface area contributed by atoms with Crippen molar-refractivity contribution >= 4 is 12.0 Å². The van der Waals surface area contributed by atoms with Gasteiger partial charge < -0.3 is 4.74 Å². The lowest BCUT2D eigenvalue weighted by Gasteiger charge is -2.01. The summed E-state index contributed by atoms with van der Waals surface area (Å²) in [6.07, 6.45) is 2.99. The molecule has 0 aliphatic rings. The lowest BCUT2D eigenvalue weighted by atomic mass is 10.1. The molecule has 0 atom stereocenters. The fraction of sp³-hybridized carbons (Fsp3) is 0.182. The predicted octanol–water partition coefficient (Wildman–Crippen LogP) is 3.14. The van der Waals surface area contributed by atoms with Crippen molar-refractivity contribution in [2.75, 3.05) is 6.61 Å². The van der Waals surface area contributed by atoms with Gasteiger partial charge in [0.2, 0.25) is 0 Å². The molecule has 0 radical (unpaired) electrons. The lowest BCUT2D eigenvalue weighted by molar-refractivity contribution is 0.0526. The summed E-state index contributed by atoms with van der Waals surface area (Å²) in [4.78, 5) is 13.9. The Labute approximate surface area is 93.0 Å². The van der Waals surface area contributed by atoms with Crippen molar-refractivity contribution in [2.45, 2.75) is 6.92 Å². The van der Waals surface area contributed by atoms with Gasteiger partial charge in [-0.2, -0.15) is 0 Å². The van der Waals surface area contributed by atoms with Crippen molar-refractivity contribution in [3.05, 3.63) is 52.0 Å². The molecule has 1 rings (SSSR count). The van der Waals surface area contributed by atoms with Gasteiger partial charge in [-0.05, 0) is 30.2 Å². The quantitative estimate of drug-likeness (QED) is 0.336. The fourth-order valence-electron chi connectivity index (χ4n) is 1.09. The minimum Gasteiger partial charge on any atom is -0.462 e. The van der Waals surface area contributed by atoms with E-state index in [4.69, 9.17) is 10.3 Å². The second kappa shape index (κ2) is 6.27. The summed E-state index contributed by atoms with van der Waals surface area (Å²) < 4.78 is 4.84. The number of hydrogen-bond acceptors (Lipinski definition) is 3. The third-order valence-corrected chi connectivity index (χ3v) is 1.81. The summed E-state index contributed by atoms with van der Waals surface area (Å²) in [7, 11) is 0. The van der Waals surface area contributed by atoms with Crippen molar-refractivity contribution in [1.29, 1.82) is 0 Å². The summed E-state index contributed by atoms with van der Waals surface area (Å²) >= 11 is 0. The fourth-order valence-corrected chi connectivity index (χ4v) is 1.09. The first-order chi connectivity index (χ1) is 7.77. The number of ether oxygens (including phenoxy) is 1. The van der Waals surface area contributed by atoms with Gasteiger partial charge in [0.15, 0.2) is 0 Å². The average molecular weight is 217 g/mol. The summed E-state index contributed by atoms with van der Waals surface area (Å²) in [5.41, 5.74) is 9.42. The Morgan fingerprint density at radius 1 is 1.50 bits per heavy atom. The average Bonchev–Trinajstić information content (AvgIpc) is 2.30. The summed E-state index contributed by atoms with van der Waals surface area (Å²) in [6, 6.07) is 6.81. The number of esters is 1. The second-order valence-corrected chi connectivity index (χ2v) is 2.86. The van der Waals surface area contributed by atoms with Crippen LogP contribution in [0, 0.1) is 0 Å². The van der Waals surface area contributed by atoms with Crippen LogP contribution in [-0.4, -0.2) is 12.6 Å².